The highest BCUT2D eigenvalue weighted by molar-refractivity contribution is 5.79. The third-order valence-electron chi connectivity index (χ3n) is 3.86. The summed E-state index contributed by atoms with van der Waals surface area (Å²) in [6, 6.07) is 0.238. The van der Waals surface area contributed by atoms with Gasteiger partial charge in [-0.2, -0.15) is 0 Å². The Bertz CT molecular complexity index is 256. The van der Waals surface area contributed by atoms with Crippen molar-refractivity contribution in [2.45, 2.75) is 37.3 Å². The highest BCUT2D eigenvalue weighted by atomic mass is 16.5. The van der Waals surface area contributed by atoms with Gasteiger partial charge in [0.05, 0.1) is 0 Å². The van der Waals surface area contributed by atoms with Crippen molar-refractivity contribution in [3.63, 3.8) is 0 Å². The molecule has 0 amide bonds. The standard InChI is InChI=1S/C11H20N2O3/c12-9-1-5-13(6-2-9)11(10(14)15)3-7-16-8-4-11/h9H,1-8,12H2,(H,14,15). The maximum absolute atomic E-state index is 11.5. The van der Waals surface area contributed by atoms with Gasteiger partial charge in [0.1, 0.15) is 5.54 Å². The van der Waals surface area contributed by atoms with Crippen LogP contribution in [0.15, 0.2) is 0 Å². The Labute approximate surface area is 95.5 Å². The van der Waals surface area contributed by atoms with Gasteiger partial charge in [0.15, 0.2) is 0 Å². The Hall–Kier alpha value is -0.650. The zero-order valence-electron chi connectivity index (χ0n) is 9.52. The minimum absolute atomic E-state index is 0.238. The molecule has 0 aromatic carbocycles. The lowest BCUT2D eigenvalue weighted by Crippen LogP contribution is -2.60. The van der Waals surface area contributed by atoms with E-state index in [4.69, 9.17) is 10.5 Å². The highest BCUT2D eigenvalue weighted by Crippen LogP contribution is 2.30. The number of rotatable bonds is 2. The SMILES string of the molecule is NC1CCN(C2(C(=O)O)CCOCC2)CC1. The molecule has 0 radical (unpaired) electrons. The van der Waals surface area contributed by atoms with Crippen LogP contribution in [0.25, 0.3) is 0 Å². The number of nitrogens with zero attached hydrogens (tertiary/aromatic N) is 1. The van der Waals surface area contributed by atoms with Crippen molar-refractivity contribution in [3.8, 4) is 0 Å². The molecular formula is C11H20N2O3. The lowest BCUT2D eigenvalue weighted by atomic mass is 9.86. The molecule has 2 aliphatic heterocycles. The van der Waals surface area contributed by atoms with Crippen molar-refractivity contribution in [2.24, 2.45) is 5.73 Å². The normalized spacial score (nSPS) is 27.8. The Morgan fingerprint density at radius 2 is 1.88 bits per heavy atom. The van der Waals surface area contributed by atoms with Gasteiger partial charge in [-0.05, 0) is 25.7 Å². The molecule has 0 aliphatic carbocycles. The fourth-order valence-corrected chi connectivity index (χ4v) is 2.70. The third kappa shape index (κ3) is 2.07. The van der Waals surface area contributed by atoms with Crippen LogP contribution >= 0.6 is 0 Å². The first-order valence-corrected chi connectivity index (χ1v) is 5.97. The number of ether oxygens (including phenoxy) is 1. The number of hydrogen-bond donors (Lipinski definition) is 2. The lowest BCUT2D eigenvalue weighted by molar-refractivity contribution is -0.160. The molecule has 0 spiro atoms. The summed E-state index contributed by atoms with van der Waals surface area (Å²) >= 11 is 0. The van der Waals surface area contributed by atoms with Gasteiger partial charge in [-0.25, -0.2) is 0 Å². The number of aliphatic carboxylic acids is 1. The van der Waals surface area contributed by atoms with Crippen LogP contribution in [0.2, 0.25) is 0 Å². The van der Waals surface area contributed by atoms with Crippen LogP contribution in [0.5, 0.6) is 0 Å². The van der Waals surface area contributed by atoms with E-state index in [1.165, 1.54) is 0 Å². The number of hydrogen-bond acceptors (Lipinski definition) is 4. The summed E-state index contributed by atoms with van der Waals surface area (Å²) in [5, 5.41) is 9.48. The molecule has 16 heavy (non-hydrogen) atoms. The van der Waals surface area contributed by atoms with E-state index in [-0.39, 0.29) is 6.04 Å². The summed E-state index contributed by atoms with van der Waals surface area (Å²) in [5.41, 5.74) is 5.15. The molecule has 0 aromatic heterocycles. The van der Waals surface area contributed by atoms with Gasteiger partial charge in [-0.15, -0.1) is 0 Å². The second-order valence-corrected chi connectivity index (χ2v) is 4.77. The molecule has 2 heterocycles. The second kappa shape index (κ2) is 4.69. The maximum Gasteiger partial charge on any atom is 0.324 e. The molecule has 0 unspecified atom stereocenters. The molecule has 92 valence electrons. The molecule has 0 bridgehead atoms. The van der Waals surface area contributed by atoms with E-state index in [1.54, 1.807) is 0 Å². The Balaban J connectivity index is 2.09. The van der Waals surface area contributed by atoms with Crippen LogP contribution in [0.4, 0.5) is 0 Å². The minimum Gasteiger partial charge on any atom is -0.480 e. The van der Waals surface area contributed by atoms with E-state index in [2.05, 4.69) is 4.90 Å². The maximum atomic E-state index is 11.5. The fraction of sp³-hybridized carbons (Fsp3) is 0.909. The van der Waals surface area contributed by atoms with E-state index in [0.29, 0.717) is 26.1 Å². The van der Waals surface area contributed by atoms with Gasteiger partial charge in [-0.1, -0.05) is 0 Å². The first-order valence-electron chi connectivity index (χ1n) is 5.97. The van der Waals surface area contributed by atoms with E-state index < -0.39 is 11.5 Å². The summed E-state index contributed by atoms with van der Waals surface area (Å²) < 4.78 is 5.27. The monoisotopic (exact) mass is 228 g/mol. The van der Waals surface area contributed by atoms with Crippen molar-refractivity contribution in [3.05, 3.63) is 0 Å². The lowest BCUT2D eigenvalue weighted by Gasteiger charge is -2.45. The highest BCUT2D eigenvalue weighted by Gasteiger charge is 2.46. The molecule has 0 aromatic rings. The third-order valence-corrected chi connectivity index (χ3v) is 3.86. The molecule has 2 fully saturated rings. The minimum atomic E-state index is -0.703. The van der Waals surface area contributed by atoms with Crippen LogP contribution in [0, 0.1) is 0 Å². The molecule has 2 saturated heterocycles. The Morgan fingerprint density at radius 3 is 2.38 bits per heavy atom. The van der Waals surface area contributed by atoms with E-state index in [1.807, 2.05) is 0 Å². The Morgan fingerprint density at radius 1 is 1.31 bits per heavy atom. The van der Waals surface area contributed by atoms with Crippen molar-refractivity contribution < 1.29 is 14.6 Å². The van der Waals surface area contributed by atoms with Crippen LogP contribution in [0.3, 0.4) is 0 Å². The van der Waals surface area contributed by atoms with Crippen LogP contribution in [0.1, 0.15) is 25.7 Å². The zero-order valence-corrected chi connectivity index (χ0v) is 9.52. The van der Waals surface area contributed by atoms with Crippen LogP contribution in [-0.4, -0.2) is 53.9 Å². The predicted molar refractivity (Wildman–Crippen MR) is 59.2 cm³/mol. The molecule has 0 saturated carbocycles. The summed E-state index contributed by atoms with van der Waals surface area (Å²) in [6.07, 6.45) is 2.99. The average molecular weight is 228 g/mol. The van der Waals surface area contributed by atoms with Gasteiger partial charge >= 0.3 is 5.97 Å². The van der Waals surface area contributed by atoms with Crippen molar-refractivity contribution >= 4 is 5.97 Å². The van der Waals surface area contributed by atoms with E-state index in [0.717, 1.165) is 25.9 Å². The van der Waals surface area contributed by atoms with Gasteiger partial charge in [0, 0.05) is 32.3 Å². The van der Waals surface area contributed by atoms with Crippen molar-refractivity contribution in [1.82, 2.24) is 4.90 Å². The number of carboxylic acid groups (broad SMARTS) is 1. The van der Waals surface area contributed by atoms with Crippen LogP contribution < -0.4 is 5.73 Å². The van der Waals surface area contributed by atoms with E-state index in [9.17, 15) is 9.90 Å². The smallest absolute Gasteiger partial charge is 0.324 e. The van der Waals surface area contributed by atoms with Crippen molar-refractivity contribution in [2.75, 3.05) is 26.3 Å². The molecular weight excluding hydrogens is 208 g/mol. The fourth-order valence-electron chi connectivity index (χ4n) is 2.70. The molecule has 5 heteroatoms. The largest absolute Gasteiger partial charge is 0.480 e. The Kier molecular flexibility index (Phi) is 3.47. The molecule has 2 rings (SSSR count). The number of carboxylic acids is 1. The zero-order chi connectivity index (χ0) is 11.6. The summed E-state index contributed by atoms with van der Waals surface area (Å²) in [4.78, 5) is 13.6. The van der Waals surface area contributed by atoms with Gasteiger partial charge < -0.3 is 15.6 Å². The second-order valence-electron chi connectivity index (χ2n) is 4.77. The van der Waals surface area contributed by atoms with Crippen molar-refractivity contribution in [1.29, 1.82) is 0 Å². The predicted octanol–water partition coefficient (Wildman–Crippen LogP) is 0.0433. The average Bonchev–Trinajstić information content (AvgIpc) is 2.30. The van der Waals surface area contributed by atoms with E-state index >= 15 is 0 Å². The molecule has 5 nitrogen and oxygen atoms in total. The van der Waals surface area contributed by atoms with Gasteiger partial charge in [-0.3, -0.25) is 9.69 Å². The molecule has 0 atom stereocenters. The summed E-state index contributed by atoms with van der Waals surface area (Å²) in [6.45, 7) is 2.70. The van der Waals surface area contributed by atoms with Gasteiger partial charge in [0.25, 0.3) is 0 Å². The number of likely N-dealkylation sites (tertiary alicyclic amines) is 1. The number of nitrogens with two attached hydrogens (primary N) is 1. The number of piperidine rings is 1. The van der Waals surface area contributed by atoms with Gasteiger partial charge in [0.2, 0.25) is 0 Å². The molecule has 2 aliphatic rings. The topological polar surface area (TPSA) is 75.8 Å². The number of carbonyl (C=O) groups is 1. The first kappa shape index (κ1) is 11.8. The van der Waals surface area contributed by atoms with Crippen LogP contribution in [-0.2, 0) is 9.53 Å². The summed E-state index contributed by atoms with van der Waals surface area (Å²) in [7, 11) is 0. The first-order chi connectivity index (χ1) is 7.65. The molecule has 3 N–H and O–H groups in total. The summed E-state index contributed by atoms with van der Waals surface area (Å²) in [5.74, 6) is -0.703. The quantitative estimate of drug-likeness (QED) is 0.698.